The highest BCUT2D eigenvalue weighted by Crippen LogP contribution is 2.25. The molecule has 3 heterocycles. The zero-order valence-electron chi connectivity index (χ0n) is 14.2. The number of aromatic amines is 1. The standard InChI is InChI=1S/C19H25N3O2/c1-2-21-9-10-24-18-13-22(8-6-16(18)12-21)19(23)15-3-4-17-14(11-15)5-7-20-17/h3-5,7,11,16,18,20H,2,6,8-10,12-13H2,1H3/t16-,18-/m1/s1. The zero-order chi connectivity index (χ0) is 16.5. The van der Waals surface area contributed by atoms with Crippen molar-refractivity contribution in [1.82, 2.24) is 14.8 Å². The lowest BCUT2D eigenvalue weighted by molar-refractivity contribution is -0.0170. The number of fused-ring (bicyclic) bond motifs is 2. The fourth-order valence-electron chi connectivity index (χ4n) is 3.96. The predicted molar refractivity (Wildman–Crippen MR) is 94.2 cm³/mol. The van der Waals surface area contributed by atoms with Gasteiger partial charge in [0.1, 0.15) is 0 Å². The van der Waals surface area contributed by atoms with Gasteiger partial charge in [0.2, 0.25) is 0 Å². The van der Waals surface area contributed by atoms with Crippen LogP contribution >= 0.6 is 0 Å². The molecule has 0 radical (unpaired) electrons. The second-order valence-electron chi connectivity index (χ2n) is 6.88. The minimum absolute atomic E-state index is 0.122. The average molecular weight is 327 g/mol. The van der Waals surface area contributed by atoms with Gasteiger partial charge in [-0.1, -0.05) is 6.92 Å². The number of ether oxygens (including phenoxy) is 1. The van der Waals surface area contributed by atoms with Crippen molar-refractivity contribution < 1.29 is 9.53 Å². The van der Waals surface area contributed by atoms with E-state index in [4.69, 9.17) is 4.74 Å². The molecule has 2 aliphatic heterocycles. The van der Waals surface area contributed by atoms with Crippen LogP contribution in [0.4, 0.5) is 0 Å². The molecular weight excluding hydrogens is 302 g/mol. The Morgan fingerprint density at radius 3 is 3.08 bits per heavy atom. The normalized spacial score (nSPS) is 25.5. The first-order chi connectivity index (χ1) is 11.7. The Bertz CT molecular complexity index is 726. The molecule has 0 aliphatic carbocycles. The summed E-state index contributed by atoms with van der Waals surface area (Å²) in [5.41, 5.74) is 1.83. The number of amides is 1. The van der Waals surface area contributed by atoms with E-state index >= 15 is 0 Å². The molecule has 0 unspecified atom stereocenters. The lowest BCUT2D eigenvalue weighted by atomic mass is 9.93. The van der Waals surface area contributed by atoms with Gasteiger partial charge >= 0.3 is 0 Å². The number of hydrogen-bond acceptors (Lipinski definition) is 3. The van der Waals surface area contributed by atoms with Crippen molar-refractivity contribution in [3.63, 3.8) is 0 Å². The van der Waals surface area contributed by atoms with E-state index in [1.807, 2.05) is 35.4 Å². The van der Waals surface area contributed by atoms with Crippen molar-refractivity contribution in [3.05, 3.63) is 36.0 Å². The van der Waals surface area contributed by atoms with Gasteiger partial charge in [-0.25, -0.2) is 0 Å². The number of carbonyl (C=O) groups excluding carboxylic acids is 1. The molecule has 1 aromatic carbocycles. The number of rotatable bonds is 2. The molecule has 1 aromatic heterocycles. The first-order valence-electron chi connectivity index (χ1n) is 8.95. The summed E-state index contributed by atoms with van der Waals surface area (Å²) in [7, 11) is 0. The van der Waals surface area contributed by atoms with Crippen LogP contribution < -0.4 is 0 Å². The van der Waals surface area contributed by atoms with Crippen LogP contribution in [0.2, 0.25) is 0 Å². The molecule has 2 aromatic rings. The number of likely N-dealkylation sites (tertiary alicyclic amines) is 1. The Labute approximate surface area is 142 Å². The highest BCUT2D eigenvalue weighted by atomic mass is 16.5. The van der Waals surface area contributed by atoms with Crippen molar-refractivity contribution in [2.75, 3.05) is 39.3 Å². The van der Waals surface area contributed by atoms with Gasteiger partial charge in [-0.3, -0.25) is 4.79 Å². The third kappa shape index (κ3) is 2.94. The van der Waals surface area contributed by atoms with Gasteiger partial charge in [0.15, 0.2) is 0 Å². The highest BCUT2D eigenvalue weighted by molar-refractivity contribution is 5.98. The minimum atomic E-state index is 0.122. The van der Waals surface area contributed by atoms with Crippen LogP contribution in [-0.2, 0) is 4.74 Å². The van der Waals surface area contributed by atoms with Gasteiger partial charge in [0.25, 0.3) is 5.91 Å². The fourth-order valence-corrected chi connectivity index (χ4v) is 3.96. The molecule has 1 N–H and O–H groups in total. The van der Waals surface area contributed by atoms with Crippen LogP contribution in [0.15, 0.2) is 30.5 Å². The lowest BCUT2D eigenvalue weighted by Gasteiger charge is -2.38. The van der Waals surface area contributed by atoms with Crippen molar-refractivity contribution in [2.24, 2.45) is 5.92 Å². The topological polar surface area (TPSA) is 48.6 Å². The maximum atomic E-state index is 12.9. The molecule has 0 spiro atoms. The maximum absolute atomic E-state index is 12.9. The van der Waals surface area contributed by atoms with Crippen LogP contribution in [0.5, 0.6) is 0 Å². The van der Waals surface area contributed by atoms with Gasteiger partial charge in [0.05, 0.1) is 12.7 Å². The third-order valence-corrected chi connectivity index (χ3v) is 5.46. The number of nitrogens with zero attached hydrogens (tertiary/aromatic N) is 2. The quantitative estimate of drug-likeness (QED) is 0.921. The zero-order valence-corrected chi connectivity index (χ0v) is 14.2. The average Bonchev–Trinajstić information content (AvgIpc) is 2.98. The van der Waals surface area contributed by atoms with E-state index in [-0.39, 0.29) is 12.0 Å². The molecule has 2 saturated heterocycles. The Hall–Kier alpha value is -1.85. The van der Waals surface area contributed by atoms with Crippen LogP contribution in [0.1, 0.15) is 23.7 Å². The van der Waals surface area contributed by atoms with Gasteiger partial charge in [-0.2, -0.15) is 0 Å². The highest BCUT2D eigenvalue weighted by Gasteiger charge is 2.34. The number of aromatic nitrogens is 1. The fraction of sp³-hybridized carbons (Fsp3) is 0.526. The number of H-pyrrole nitrogens is 1. The largest absolute Gasteiger partial charge is 0.375 e. The van der Waals surface area contributed by atoms with Gasteiger partial charge < -0.3 is 19.5 Å². The molecule has 128 valence electrons. The summed E-state index contributed by atoms with van der Waals surface area (Å²) in [5, 5.41) is 1.08. The van der Waals surface area contributed by atoms with Crippen molar-refractivity contribution in [3.8, 4) is 0 Å². The first kappa shape index (κ1) is 15.7. The summed E-state index contributed by atoms with van der Waals surface area (Å²) in [6.07, 6.45) is 3.11. The van der Waals surface area contributed by atoms with E-state index < -0.39 is 0 Å². The minimum Gasteiger partial charge on any atom is -0.375 e. The Morgan fingerprint density at radius 2 is 2.21 bits per heavy atom. The van der Waals surface area contributed by atoms with Crippen LogP contribution in [-0.4, -0.2) is 66.1 Å². The summed E-state index contributed by atoms with van der Waals surface area (Å²) in [4.78, 5) is 20.5. The molecule has 1 amide bonds. The monoisotopic (exact) mass is 327 g/mol. The van der Waals surface area contributed by atoms with E-state index in [1.165, 1.54) is 0 Å². The molecule has 2 aliphatic rings. The molecule has 4 rings (SSSR count). The molecule has 2 fully saturated rings. The smallest absolute Gasteiger partial charge is 0.253 e. The number of likely N-dealkylation sites (N-methyl/N-ethyl adjacent to an activating group) is 1. The summed E-state index contributed by atoms with van der Waals surface area (Å²) in [5.74, 6) is 0.667. The molecule has 2 atom stereocenters. The van der Waals surface area contributed by atoms with E-state index in [0.29, 0.717) is 12.5 Å². The second-order valence-corrected chi connectivity index (χ2v) is 6.88. The predicted octanol–water partition coefficient (Wildman–Crippen LogP) is 2.35. The lowest BCUT2D eigenvalue weighted by Crippen LogP contribution is -2.49. The number of carbonyl (C=O) groups is 1. The van der Waals surface area contributed by atoms with Crippen LogP contribution in [0.25, 0.3) is 10.9 Å². The number of benzene rings is 1. The summed E-state index contributed by atoms with van der Waals surface area (Å²) < 4.78 is 6.07. The van der Waals surface area contributed by atoms with E-state index in [9.17, 15) is 4.79 Å². The summed E-state index contributed by atoms with van der Waals surface area (Å²) >= 11 is 0. The number of nitrogens with one attached hydrogen (secondary N) is 1. The van der Waals surface area contributed by atoms with E-state index in [0.717, 1.165) is 55.7 Å². The molecule has 5 nitrogen and oxygen atoms in total. The maximum Gasteiger partial charge on any atom is 0.253 e. The molecule has 24 heavy (non-hydrogen) atoms. The van der Waals surface area contributed by atoms with Crippen LogP contribution in [0, 0.1) is 5.92 Å². The van der Waals surface area contributed by atoms with Crippen molar-refractivity contribution in [2.45, 2.75) is 19.4 Å². The van der Waals surface area contributed by atoms with Gasteiger partial charge in [-0.15, -0.1) is 0 Å². The van der Waals surface area contributed by atoms with E-state index in [2.05, 4.69) is 16.8 Å². The van der Waals surface area contributed by atoms with E-state index in [1.54, 1.807) is 0 Å². The summed E-state index contributed by atoms with van der Waals surface area (Å²) in [6.45, 7) is 7.69. The second kappa shape index (κ2) is 6.57. The first-order valence-corrected chi connectivity index (χ1v) is 8.95. The Kier molecular flexibility index (Phi) is 4.29. The number of piperidine rings is 1. The van der Waals surface area contributed by atoms with Crippen molar-refractivity contribution >= 4 is 16.8 Å². The number of hydrogen-bond donors (Lipinski definition) is 1. The molecule has 0 saturated carbocycles. The summed E-state index contributed by atoms with van der Waals surface area (Å²) in [6, 6.07) is 7.88. The van der Waals surface area contributed by atoms with Crippen molar-refractivity contribution in [1.29, 1.82) is 0 Å². The molecular formula is C19H25N3O2. The molecule has 0 bridgehead atoms. The SMILES string of the molecule is CCN1CCO[C@@H]2CN(C(=O)c3ccc4[nH]ccc4c3)CC[C@@H]2C1. The third-order valence-electron chi connectivity index (χ3n) is 5.46. The Balaban J connectivity index is 1.48. The van der Waals surface area contributed by atoms with Gasteiger partial charge in [-0.05, 0) is 37.2 Å². The Morgan fingerprint density at radius 1 is 1.29 bits per heavy atom. The van der Waals surface area contributed by atoms with Gasteiger partial charge in [0, 0.05) is 54.8 Å². The molecule has 5 heteroatoms. The van der Waals surface area contributed by atoms with Crippen LogP contribution in [0.3, 0.4) is 0 Å².